The molecule has 146 valence electrons. The Morgan fingerprint density at radius 2 is 1.96 bits per heavy atom. The van der Waals surface area contributed by atoms with Gasteiger partial charge >= 0.3 is 6.18 Å². The van der Waals surface area contributed by atoms with Crippen molar-refractivity contribution in [2.75, 3.05) is 19.6 Å². The van der Waals surface area contributed by atoms with Crippen molar-refractivity contribution in [2.24, 2.45) is 0 Å². The van der Waals surface area contributed by atoms with E-state index in [0.717, 1.165) is 5.56 Å². The Balaban J connectivity index is 1.46. The Bertz CT molecular complexity index is 949. The van der Waals surface area contributed by atoms with Crippen LogP contribution in [0.2, 0.25) is 0 Å². The van der Waals surface area contributed by atoms with Crippen LogP contribution < -0.4 is 0 Å². The molecule has 2 aromatic heterocycles. The molecule has 3 heterocycles. The number of likely N-dealkylation sites (tertiary alicyclic amines) is 1. The zero-order valence-corrected chi connectivity index (χ0v) is 14.9. The Labute approximate surface area is 159 Å². The van der Waals surface area contributed by atoms with Gasteiger partial charge in [0.2, 0.25) is 0 Å². The minimum Gasteiger partial charge on any atom is -0.348 e. The standard InChI is InChI=1S/C20H18F4N4/c21-16-3-1-2-13(8-16)17-5-4-14(9-25-17)18-10-26-19(27-18)15-6-7-28(11-15)12-20(22,23)24/h1-5,8-10,15H,6-7,11-12H2,(H,26,27)/t15-/m0/s1. The number of halogens is 4. The second-order valence-corrected chi connectivity index (χ2v) is 6.95. The minimum atomic E-state index is -4.18. The number of alkyl halides is 3. The first-order chi connectivity index (χ1) is 13.4. The molecule has 4 rings (SSSR count). The highest BCUT2D eigenvalue weighted by Crippen LogP contribution is 2.29. The van der Waals surface area contributed by atoms with Crippen LogP contribution in [0.5, 0.6) is 0 Å². The van der Waals surface area contributed by atoms with Crippen LogP contribution in [-0.2, 0) is 0 Å². The summed E-state index contributed by atoms with van der Waals surface area (Å²) in [4.78, 5) is 13.4. The lowest BCUT2D eigenvalue weighted by Gasteiger charge is -2.17. The van der Waals surface area contributed by atoms with Crippen LogP contribution in [0.3, 0.4) is 0 Å². The molecule has 0 spiro atoms. The zero-order valence-electron chi connectivity index (χ0n) is 14.9. The van der Waals surface area contributed by atoms with Crippen LogP contribution in [0.4, 0.5) is 17.6 Å². The third kappa shape index (κ3) is 4.22. The molecule has 0 unspecified atom stereocenters. The fourth-order valence-electron chi connectivity index (χ4n) is 3.51. The van der Waals surface area contributed by atoms with Crippen LogP contribution in [0.1, 0.15) is 18.2 Å². The molecule has 8 heteroatoms. The summed E-state index contributed by atoms with van der Waals surface area (Å²) in [5.41, 5.74) is 2.80. The third-order valence-corrected chi connectivity index (χ3v) is 4.84. The summed E-state index contributed by atoms with van der Waals surface area (Å²) >= 11 is 0. The van der Waals surface area contributed by atoms with E-state index in [4.69, 9.17) is 0 Å². The van der Waals surface area contributed by atoms with Gasteiger partial charge in [-0.1, -0.05) is 12.1 Å². The van der Waals surface area contributed by atoms with Gasteiger partial charge in [0, 0.05) is 36.0 Å². The number of aromatic nitrogens is 3. The van der Waals surface area contributed by atoms with E-state index >= 15 is 0 Å². The van der Waals surface area contributed by atoms with Gasteiger partial charge in [-0.15, -0.1) is 0 Å². The van der Waals surface area contributed by atoms with Gasteiger partial charge in [-0.05, 0) is 37.2 Å². The zero-order chi connectivity index (χ0) is 19.7. The van der Waals surface area contributed by atoms with E-state index in [9.17, 15) is 17.6 Å². The van der Waals surface area contributed by atoms with Crippen molar-refractivity contribution in [3.63, 3.8) is 0 Å². The van der Waals surface area contributed by atoms with Crippen LogP contribution in [0, 0.1) is 5.82 Å². The largest absolute Gasteiger partial charge is 0.401 e. The van der Waals surface area contributed by atoms with Gasteiger partial charge in [0.25, 0.3) is 0 Å². The Morgan fingerprint density at radius 1 is 1.11 bits per heavy atom. The quantitative estimate of drug-likeness (QED) is 0.661. The van der Waals surface area contributed by atoms with Crippen molar-refractivity contribution >= 4 is 0 Å². The van der Waals surface area contributed by atoms with Crippen LogP contribution in [0.25, 0.3) is 22.5 Å². The van der Waals surface area contributed by atoms with Gasteiger partial charge in [-0.3, -0.25) is 9.88 Å². The summed E-state index contributed by atoms with van der Waals surface area (Å²) in [6.45, 7) is -0.143. The van der Waals surface area contributed by atoms with E-state index in [0.29, 0.717) is 42.3 Å². The van der Waals surface area contributed by atoms with Crippen molar-refractivity contribution in [1.29, 1.82) is 0 Å². The van der Waals surface area contributed by atoms with E-state index < -0.39 is 12.7 Å². The first-order valence-corrected chi connectivity index (χ1v) is 8.94. The predicted octanol–water partition coefficient (Wildman–Crippen LogP) is 4.63. The number of aromatic amines is 1. The van der Waals surface area contributed by atoms with E-state index in [2.05, 4.69) is 15.0 Å². The molecule has 1 saturated heterocycles. The van der Waals surface area contributed by atoms with Crippen molar-refractivity contribution in [1.82, 2.24) is 19.9 Å². The molecule has 0 amide bonds. The molecule has 3 aromatic rings. The molecular weight excluding hydrogens is 372 g/mol. The van der Waals surface area contributed by atoms with Crippen molar-refractivity contribution in [3.8, 4) is 22.5 Å². The Morgan fingerprint density at radius 3 is 2.68 bits per heavy atom. The number of H-pyrrole nitrogens is 1. The summed E-state index contributed by atoms with van der Waals surface area (Å²) in [7, 11) is 0. The molecule has 1 atom stereocenters. The lowest BCUT2D eigenvalue weighted by atomic mass is 10.1. The van der Waals surface area contributed by atoms with Gasteiger partial charge in [-0.2, -0.15) is 13.2 Å². The molecule has 0 radical (unpaired) electrons. The van der Waals surface area contributed by atoms with E-state index in [-0.39, 0.29) is 11.7 Å². The van der Waals surface area contributed by atoms with Crippen molar-refractivity contribution < 1.29 is 17.6 Å². The number of hydrogen-bond donors (Lipinski definition) is 1. The molecule has 28 heavy (non-hydrogen) atoms. The minimum absolute atomic E-state index is 0.0457. The van der Waals surface area contributed by atoms with Gasteiger partial charge in [0.15, 0.2) is 0 Å². The maximum absolute atomic E-state index is 13.4. The maximum atomic E-state index is 13.4. The fourth-order valence-corrected chi connectivity index (χ4v) is 3.51. The highest BCUT2D eigenvalue weighted by atomic mass is 19.4. The average molecular weight is 390 g/mol. The topological polar surface area (TPSA) is 44.8 Å². The highest BCUT2D eigenvalue weighted by Gasteiger charge is 2.35. The number of rotatable bonds is 4. The van der Waals surface area contributed by atoms with Crippen molar-refractivity contribution in [2.45, 2.75) is 18.5 Å². The Hall–Kier alpha value is -2.74. The number of pyridine rings is 1. The van der Waals surface area contributed by atoms with Crippen LogP contribution >= 0.6 is 0 Å². The first kappa shape index (κ1) is 18.6. The second kappa shape index (κ2) is 7.35. The molecule has 1 fully saturated rings. The summed E-state index contributed by atoms with van der Waals surface area (Å²) < 4.78 is 51.0. The van der Waals surface area contributed by atoms with E-state index in [1.165, 1.54) is 17.0 Å². The van der Waals surface area contributed by atoms with E-state index in [1.54, 1.807) is 30.6 Å². The highest BCUT2D eigenvalue weighted by molar-refractivity contribution is 5.64. The molecule has 0 aliphatic carbocycles. The predicted molar refractivity (Wildman–Crippen MR) is 97.1 cm³/mol. The molecule has 1 aliphatic heterocycles. The third-order valence-electron chi connectivity index (χ3n) is 4.84. The first-order valence-electron chi connectivity index (χ1n) is 8.94. The second-order valence-electron chi connectivity index (χ2n) is 6.95. The van der Waals surface area contributed by atoms with Gasteiger partial charge < -0.3 is 4.98 Å². The van der Waals surface area contributed by atoms with Gasteiger partial charge in [0.05, 0.1) is 17.9 Å². The summed E-state index contributed by atoms with van der Waals surface area (Å²) in [6, 6.07) is 9.84. The lowest BCUT2D eigenvalue weighted by molar-refractivity contribution is -0.143. The summed E-state index contributed by atoms with van der Waals surface area (Å²) in [5.74, 6) is 0.320. The maximum Gasteiger partial charge on any atom is 0.401 e. The SMILES string of the molecule is Fc1cccc(-c2ccc(-c3c[nH]c([C@H]4CCN(CC(F)(F)F)C4)n3)cn2)c1. The van der Waals surface area contributed by atoms with Gasteiger partial charge in [0.1, 0.15) is 11.6 Å². The smallest absolute Gasteiger partial charge is 0.348 e. The van der Waals surface area contributed by atoms with Crippen molar-refractivity contribution in [3.05, 3.63) is 60.4 Å². The molecule has 0 saturated carbocycles. The summed E-state index contributed by atoms with van der Waals surface area (Å²) in [6.07, 6.45) is -0.149. The van der Waals surface area contributed by atoms with Crippen LogP contribution in [0.15, 0.2) is 48.8 Å². The molecule has 0 bridgehead atoms. The molecule has 4 nitrogen and oxygen atoms in total. The van der Waals surface area contributed by atoms with E-state index in [1.807, 2.05) is 6.07 Å². The molecular formula is C20H18F4N4. The lowest BCUT2D eigenvalue weighted by Crippen LogP contribution is -2.32. The molecule has 1 aromatic carbocycles. The fraction of sp³-hybridized carbons (Fsp3) is 0.300. The average Bonchev–Trinajstić information content (AvgIpc) is 3.30. The Kier molecular flexibility index (Phi) is 4.89. The van der Waals surface area contributed by atoms with Gasteiger partial charge in [-0.25, -0.2) is 9.37 Å². The number of imidazole rings is 1. The van der Waals surface area contributed by atoms with Crippen LogP contribution in [-0.4, -0.2) is 45.7 Å². The summed E-state index contributed by atoms with van der Waals surface area (Å²) in [5, 5.41) is 0. The number of nitrogens with zero attached hydrogens (tertiary/aromatic N) is 3. The monoisotopic (exact) mass is 390 g/mol. The molecule has 1 aliphatic rings. The number of nitrogens with one attached hydrogen (secondary N) is 1. The number of hydrogen-bond acceptors (Lipinski definition) is 3. The normalized spacial score (nSPS) is 17.9. The number of benzene rings is 1. The molecule has 1 N–H and O–H groups in total.